The van der Waals surface area contributed by atoms with E-state index in [0.29, 0.717) is 17.9 Å². The van der Waals surface area contributed by atoms with Gasteiger partial charge in [0.1, 0.15) is 18.4 Å². The Kier molecular flexibility index (Phi) is 8.28. The van der Waals surface area contributed by atoms with Crippen molar-refractivity contribution in [2.45, 2.75) is 45.3 Å². The lowest BCUT2D eigenvalue weighted by atomic mass is 10.1. The summed E-state index contributed by atoms with van der Waals surface area (Å²) in [5.41, 5.74) is 5.14. The Hall–Kier alpha value is -3.49. The largest absolute Gasteiger partial charge is 0.489 e. The minimum atomic E-state index is -0.608. The Labute approximate surface area is 205 Å². The van der Waals surface area contributed by atoms with Crippen LogP contribution in [0.4, 0.5) is 0 Å². The Morgan fingerprint density at radius 2 is 1.77 bits per heavy atom. The molecule has 184 valence electrons. The van der Waals surface area contributed by atoms with E-state index >= 15 is 0 Å². The maximum absolute atomic E-state index is 12.7. The SMILES string of the molecule is Cc1cc(COc2ccc(C(=O)NC[C@@H](C(=O)NO)N3CCCCCC3)cc2)c2ccccc2n1. The number of para-hydroxylation sites is 1. The summed E-state index contributed by atoms with van der Waals surface area (Å²) in [7, 11) is 0. The maximum atomic E-state index is 12.7. The number of amides is 2. The number of hydrogen-bond acceptors (Lipinski definition) is 6. The lowest BCUT2D eigenvalue weighted by Crippen LogP contribution is -2.52. The summed E-state index contributed by atoms with van der Waals surface area (Å²) in [5.74, 6) is -0.130. The summed E-state index contributed by atoms with van der Waals surface area (Å²) >= 11 is 0. The van der Waals surface area contributed by atoms with Gasteiger partial charge in [-0.2, -0.15) is 0 Å². The van der Waals surface area contributed by atoms with E-state index in [1.165, 1.54) is 0 Å². The molecule has 0 radical (unpaired) electrons. The lowest BCUT2D eigenvalue weighted by molar-refractivity contribution is -0.134. The normalized spacial score (nSPS) is 15.3. The number of hydrogen-bond donors (Lipinski definition) is 3. The first-order valence-electron chi connectivity index (χ1n) is 12.1. The van der Waals surface area contributed by atoms with Gasteiger partial charge in [0.15, 0.2) is 0 Å². The summed E-state index contributed by atoms with van der Waals surface area (Å²) in [6.45, 7) is 4.02. The van der Waals surface area contributed by atoms with Crippen LogP contribution in [0, 0.1) is 6.92 Å². The second-order valence-electron chi connectivity index (χ2n) is 8.91. The third-order valence-electron chi connectivity index (χ3n) is 6.39. The minimum Gasteiger partial charge on any atom is -0.489 e. The van der Waals surface area contributed by atoms with Crippen LogP contribution in [-0.2, 0) is 11.4 Å². The molecule has 1 fully saturated rings. The first-order valence-corrected chi connectivity index (χ1v) is 12.1. The monoisotopic (exact) mass is 476 g/mol. The molecule has 1 aliphatic heterocycles. The molecule has 0 unspecified atom stereocenters. The molecule has 8 heteroatoms. The molecule has 0 bridgehead atoms. The number of likely N-dealkylation sites (tertiary alicyclic amines) is 1. The van der Waals surface area contributed by atoms with Crippen LogP contribution in [0.3, 0.4) is 0 Å². The predicted molar refractivity (Wildman–Crippen MR) is 133 cm³/mol. The quantitative estimate of drug-likeness (QED) is 0.339. The second kappa shape index (κ2) is 11.8. The van der Waals surface area contributed by atoms with Crippen LogP contribution in [-0.4, -0.2) is 52.6 Å². The lowest BCUT2D eigenvalue weighted by Gasteiger charge is -2.28. The molecule has 3 aromatic rings. The molecule has 1 atom stereocenters. The van der Waals surface area contributed by atoms with Gasteiger partial charge < -0.3 is 10.1 Å². The van der Waals surface area contributed by atoms with Gasteiger partial charge in [0.05, 0.1) is 5.52 Å². The standard InChI is InChI=1S/C27H32N4O4/c1-19-16-21(23-8-4-5-9-24(23)29-19)18-35-22-12-10-20(11-13-22)26(32)28-17-25(27(33)30-34)31-14-6-2-3-7-15-31/h4-5,8-13,16,25,34H,2-3,6-7,14-15,17-18H2,1H3,(H,28,32)(H,30,33)/t25-/m0/s1. The number of nitrogens with zero attached hydrogens (tertiary/aromatic N) is 2. The van der Waals surface area contributed by atoms with E-state index in [2.05, 4.69) is 10.3 Å². The molecule has 2 aromatic carbocycles. The van der Waals surface area contributed by atoms with Gasteiger partial charge in [0.25, 0.3) is 11.8 Å². The summed E-state index contributed by atoms with van der Waals surface area (Å²) in [4.78, 5) is 31.5. The van der Waals surface area contributed by atoms with Crippen LogP contribution in [0.2, 0.25) is 0 Å². The van der Waals surface area contributed by atoms with Crippen LogP contribution in [0.25, 0.3) is 10.9 Å². The van der Waals surface area contributed by atoms with Crippen molar-refractivity contribution < 1.29 is 19.5 Å². The van der Waals surface area contributed by atoms with Crippen molar-refractivity contribution >= 4 is 22.7 Å². The zero-order chi connectivity index (χ0) is 24.6. The number of nitrogens with one attached hydrogen (secondary N) is 2. The number of carbonyl (C=O) groups excluding carboxylic acids is 2. The highest BCUT2D eigenvalue weighted by Crippen LogP contribution is 2.21. The summed E-state index contributed by atoms with van der Waals surface area (Å²) in [5, 5.41) is 13.1. The first-order chi connectivity index (χ1) is 17.0. The molecule has 0 saturated carbocycles. The summed E-state index contributed by atoms with van der Waals surface area (Å²) in [6.07, 6.45) is 4.25. The van der Waals surface area contributed by atoms with Crippen molar-refractivity contribution in [1.29, 1.82) is 0 Å². The number of aromatic nitrogens is 1. The number of benzene rings is 2. The number of aryl methyl sites for hydroxylation is 1. The number of carbonyl (C=O) groups is 2. The molecule has 1 saturated heterocycles. The molecular weight excluding hydrogens is 444 g/mol. The Balaban J connectivity index is 1.36. The van der Waals surface area contributed by atoms with Crippen molar-refractivity contribution in [3.8, 4) is 5.75 Å². The van der Waals surface area contributed by atoms with Crippen molar-refractivity contribution in [2.24, 2.45) is 0 Å². The van der Waals surface area contributed by atoms with Crippen molar-refractivity contribution in [3.05, 3.63) is 71.4 Å². The Bertz CT molecular complexity index is 1160. The van der Waals surface area contributed by atoms with Crippen molar-refractivity contribution in [1.82, 2.24) is 20.7 Å². The number of pyridine rings is 1. The molecular formula is C27H32N4O4. The van der Waals surface area contributed by atoms with E-state index in [0.717, 1.165) is 60.9 Å². The zero-order valence-electron chi connectivity index (χ0n) is 20.0. The average Bonchev–Trinajstić information content (AvgIpc) is 3.17. The molecule has 0 aliphatic carbocycles. The summed E-state index contributed by atoms with van der Waals surface area (Å²) in [6, 6.07) is 16.3. The zero-order valence-corrected chi connectivity index (χ0v) is 20.0. The first kappa shape index (κ1) is 24.6. The van der Waals surface area contributed by atoms with Crippen LogP contribution >= 0.6 is 0 Å². The van der Waals surface area contributed by atoms with E-state index in [9.17, 15) is 9.59 Å². The number of hydroxylamine groups is 1. The fraction of sp³-hybridized carbons (Fsp3) is 0.370. The Morgan fingerprint density at radius 3 is 2.49 bits per heavy atom. The molecule has 8 nitrogen and oxygen atoms in total. The van der Waals surface area contributed by atoms with E-state index in [4.69, 9.17) is 9.94 Å². The fourth-order valence-electron chi connectivity index (χ4n) is 4.54. The molecule has 2 heterocycles. The minimum absolute atomic E-state index is 0.123. The fourth-order valence-corrected chi connectivity index (χ4v) is 4.54. The van der Waals surface area contributed by atoms with Crippen molar-refractivity contribution in [3.63, 3.8) is 0 Å². The topological polar surface area (TPSA) is 104 Å². The van der Waals surface area contributed by atoms with E-state index in [-0.39, 0.29) is 12.5 Å². The highest BCUT2D eigenvalue weighted by molar-refractivity contribution is 5.94. The van der Waals surface area contributed by atoms with Crippen LogP contribution in [0.1, 0.15) is 47.3 Å². The third-order valence-corrected chi connectivity index (χ3v) is 6.39. The third kappa shape index (κ3) is 6.35. The van der Waals surface area contributed by atoms with Gasteiger partial charge in [0, 0.05) is 28.8 Å². The van der Waals surface area contributed by atoms with Gasteiger partial charge in [-0.05, 0) is 69.3 Å². The predicted octanol–water partition coefficient (Wildman–Crippen LogP) is 3.60. The molecule has 35 heavy (non-hydrogen) atoms. The number of ether oxygens (including phenoxy) is 1. The molecule has 0 spiro atoms. The second-order valence-corrected chi connectivity index (χ2v) is 8.91. The van der Waals surface area contributed by atoms with E-state index < -0.39 is 11.9 Å². The number of rotatable bonds is 8. The molecule has 2 amide bonds. The molecule has 3 N–H and O–H groups in total. The Morgan fingerprint density at radius 1 is 1.06 bits per heavy atom. The van der Waals surface area contributed by atoms with Crippen LogP contribution in [0.5, 0.6) is 5.75 Å². The van der Waals surface area contributed by atoms with Gasteiger partial charge in [-0.3, -0.25) is 24.7 Å². The van der Waals surface area contributed by atoms with Crippen LogP contribution in [0.15, 0.2) is 54.6 Å². The van der Waals surface area contributed by atoms with Crippen molar-refractivity contribution in [2.75, 3.05) is 19.6 Å². The van der Waals surface area contributed by atoms with Gasteiger partial charge in [-0.25, -0.2) is 5.48 Å². The number of fused-ring (bicyclic) bond motifs is 1. The maximum Gasteiger partial charge on any atom is 0.262 e. The van der Waals surface area contributed by atoms with Crippen LogP contribution < -0.4 is 15.5 Å². The average molecular weight is 477 g/mol. The molecule has 4 rings (SSSR count). The van der Waals surface area contributed by atoms with Gasteiger partial charge in [-0.15, -0.1) is 0 Å². The van der Waals surface area contributed by atoms with Gasteiger partial charge in [0.2, 0.25) is 0 Å². The smallest absolute Gasteiger partial charge is 0.262 e. The van der Waals surface area contributed by atoms with Gasteiger partial charge >= 0.3 is 0 Å². The molecule has 1 aromatic heterocycles. The van der Waals surface area contributed by atoms with Gasteiger partial charge in [-0.1, -0.05) is 31.0 Å². The highest BCUT2D eigenvalue weighted by atomic mass is 16.5. The highest BCUT2D eigenvalue weighted by Gasteiger charge is 2.27. The summed E-state index contributed by atoms with van der Waals surface area (Å²) < 4.78 is 5.98. The molecule has 1 aliphatic rings. The van der Waals surface area contributed by atoms with E-state index in [1.54, 1.807) is 29.7 Å². The van der Waals surface area contributed by atoms with E-state index in [1.807, 2.05) is 42.2 Å².